The number of rotatable bonds is 2. The van der Waals surface area contributed by atoms with Crippen LogP contribution in [0.3, 0.4) is 0 Å². The number of nitrogens with one attached hydrogen (secondary N) is 1. The highest BCUT2D eigenvalue weighted by molar-refractivity contribution is 7.12. The molecule has 0 aliphatic heterocycles. The fourth-order valence-electron chi connectivity index (χ4n) is 3.66. The molecule has 2 aliphatic rings. The van der Waals surface area contributed by atoms with Crippen LogP contribution >= 0.6 is 11.3 Å². The van der Waals surface area contributed by atoms with E-state index in [9.17, 15) is 4.79 Å². The van der Waals surface area contributed by atoms with Gasteiger partial charge in [0.15, 0.2) is 0 Å². The molecule has 18 heavy (non-hydrogen) atoms. The number of carbonyl (C=O) groups is 1. The summed E-state index contributed by atoms with van der Waals surface area (Å²) in [4.78, 5) is 13.0. The Balaban J connectivity index is 1.70. The summed E-state index contributed by atoms with van der Waals surface area (Å²) in [5, 5.41) is 5.21. The predicted molar refractivity (Wildman–Crippen MR) is 73.6 cm³/mol. The summed E-state index contributed by atoms with van der Waals surface area (Å²) < 4.78 is 0. The molecule has 1 aromatic rings. The summed E-state index contributed by atoms with van der Waals surface area (Å²) in [5.74, 6) is 1.29. The lowest BCUT2D eigenvalue weighted by molar-refractivity contribution is 0.0759. The van der Waals surface area contributed by atoms with Crippen molar-refractivity contribution in [3.05, 3.63) is 22.4 Å². The Morgan fingerprint density at radius 1 is 1.33 bits per heavy atom. The molecule has 2 bridgehead atoms. The van der Waals surface area contributed by atoms with Gasteiger partial charge in [0.2, 0.25) is 0 Å². The van der Waals surface area contributed by atoms with Gasteiger partial charge in [0.25, 0.3) is 5.91 Å². The highest BCUT2D eigenvalue weighted by atomic mass is 32.1. The monoisotopic (exact) mass is 264 g/mol. The molecule has 2 saturated carbocycles. The third kappa shape index (κ3) is 2.31. The molecule has 2 unspecified atom stereocenters. The van der Waals surface area contributed by atoms with Crippen LogP contribution in [0.1, 0.15) is 41.8 Å². The molecule has 0 radical (unpaired) electrons. The zero-order chi connectivity index (χ0) is 12.5. The lowest BCUT2D eigenvalue weighted by Crippen LogP contribution is -2.53. The molecule has 3 nitrogen and oxygen atoms in total. The molecule has 3 rings (SSSR count). The van der Waals surface area contributed by atoms with Gasteiger partial charge in [-0.25, -0.2) is 0 Å². The Morgan fingerprint density at radius 2 is 2.06 bits per heavy atom. The second-order valence-electron chi connectivity index (χ2n) is 5.66. The van der Waals surface area contributed by atoms with Crippen LogP contribution in [0.5, 0.6) is 0 Å². The van der Waals surface area contributed by atoms with Crippen LogP contribution in [0.15, 0.2) is 17.5 Å². The fourth-order valence-corrected chi connectivity index (χ4v) is 4.28. The summed E-state index contributed by atoms with van der Waals surface area (Å²) >= 11 is 1.51. The number of thiophene rings is 1. The van der Waals surface area contributed by atoms with Crippen molar-refractivity contribution < 1.29 is 4.79 Å². The molecule has 4 heteroatoms. The van der Waals surface area contributed by atoms with E-state index in [2.05, 4.69) is 5.32 Å². The van der Waals surface area contributed by atoms with Gasteiger partial charge in [-0.2, -0.15) is 0 Å². The van der Waals surface area contributed by atoms with Crippen LogP contribution in [0.4, 0.5) is 0 Å². The maximum atomic E-state index is 12.2. The van der Waals surface area contributed by atoms with Crippen molar-refractivity contribution in [1.29, 1.82) is 0 Å². The maximum Gasteiger partial charge on any atom is 0.261 e. The quantitative estimate of drug-likeness (QED) is 0.861. The molecule has 2 atom stereocenters. The Kier molecular flexibility index (Phi) is 3.39. The van der Waals surface area contributed by atoms with Crippen molar-refractivity contribution in [3.8, 4) is 0 Å². The van der Waals surface area contributed by atoms with Gasteiger partial charge in [0.05, 0.1) is 4.88 Å². The maximum absolute atomic E-state index is 12.2. The van der Waals surface area contributed by atoms with E-state index in [0.717, 1.165) is 17.7 Å². The summed E-state index contributed by atoms with van der Waals surface area (Å²) in [5.41, 5.74) is 6.10. The number of fused-ring (bicyclic) bond motifs is 2. The Morgan fingerprint density at radius 3 is 2.67 bits per heavy atom. The van der Waals surface area contributed by atoms with Crippen LogP contribution in [-0.4, -0.2) is 18.0 Å². The molecule has 3 N–H and O–H groups in total. The number of nitrogens with two attached hydrogens (primary N) is 1. The number of hydrogen-bond donors (Lipinski definition) is 2. The molecule has 2 aliphatic carbocycles. The van der Waals surface area contributed by atoms with Gasteiger partial charge in [-0.15, -0.1) is 11.3 Å². The van der Waals surface area contributed by atoms with Gasteiger partial charge < -0.3 is 11.1 Å². The average molecular weight is 264 g/mol. The largest absolute Gasteiger partial charge is 0.348 e. The lowest BCUT2D eigenvalue weighted by Gasteiger charge is -2.45. The van der Waals surface area contributed by atoms with Gasteiger partial charge in [-0.05, 0) is 49.0 Å². The lowest BCUT2D eigenvalue weighted by atomic mass is 9.67. The van der Waals surface area contributed by atoms with Crippen molar-refractivity contribution in [2.45, 2.75) is 44.2 Å². The highest BCUT2D eigenvalue weighted by Crippen LogP contribution is 2.39. The van der Waals surface area contributed by atoms with E-state index in [1.807, 2.05) is 17.5 Å². The molecule has 1 aromatic heterocycles. The van der Waals surface area contributed by atoms with E-state index in [-0.39, 0.29) is 5.91 Å². The number of hydrogen-bond acceptors (Lipinski definition) is 3. The molecule has 0 spiro atoms. The molecule has 2 fully saturated rings. The molecule has 0 saturated heterocycles. The zero-order valence-corrected chi connectivity index (χ0v) is 11.3. The van der Waals surface area contributed by atoms with E-state index < -0.39 is 0 Å². The highest BCUT2D eigenvalue weighted by Gasteiger charge is 2.39. The van der Waals surface area contributed by atoms with Crippen LogP contribution in [-0.2, 0) is 0 Å². The summed E-state index contributed by atoms with van der Waals surface area (Å²) in [6.45, 7) is 0. The van der Waals surface area contributed by atoms with E-state index in [0.29, 0.717) is 23.9 Å². The first-order valence-corrected chi connectivity index (χ1v) is 7.72. The van der Waals surface area contributed by atoms with E-state index in [1.165, 1.54) is 30.6 Å². The van der Waals surface area contributed by atoms with Crippen molar-refractivity contribution in [1.82, 2.24) is 5.32 Å². The number of carbonyl (C=O) groups excluding carboxylic acids is 1. The average Bonchev–Trinajstić information content (AvgIpc) is 2.83. The molecular weight excluding hydrogens is 244 g/mol. The summed E-state index contributed by atoms with van der Waals surface area (Å²) in [6, 6.07) is 4.52. The molecular formula is C14H20N2OS. The van der Waals surface area contributed by atoms with Gasteiger partial charge in [0.1, 0.15) is 0 Å². The summed E-state index contributed by atoms with van der Waals surface area (Å²) in [6.07, 6.45) is 5.89. The van der Waals surface area contributed by atoms with E-state index >= 15 is 0 Å². The van der Waals surface area contributed by atoms with Crippen LogP contribution < -0.4 is 11.1 Å². The third-order valence-corrected chi connectivity index (χ3v) is 5.29. The predicted octanol–water partition coefficient (Wildman–Crippen LogP) is 2.38. The smallest absolute Gasteiger partial charge is 0.261 e. The van der Waals surface area contributed by atoms with Gasteiger partial charge in [0, 0.05) is 12.1 Å². The fraction of sp³-hybridized carbons (Fsp3) is 0.643. The minimum atomic E-state index is 0.0994. The SMILES string of the molecule is NC1CC2CCCC(C1)C2NC(=O)c1cccs1. The first-order chi connectivity index (χ1) is 8.74. The van der Waals surface area contributed by atoms with Gasteiger partial charge in [-0.1, -0.05) is 12.5 Å². The second-order valence-corrected chi connectivity index (χ2v) is 6.61. The van der Waals surface area contributed by atoms with E-state index in [1.54, 1.807) is 0 Å². The Hall–Kier alpha value is -0.870. The molecule has 1 heterocycles. The normalized spacial score (nSPS) is 35.2. The van der Waals surface area contributed by atoms with E-state index in [4.69, 9.17) is 5.73 Å². The van der Waals surface area contributed by atoms with Crippen molar-refractivity contribution >= 4 is 17.2 Å². The molecule has 1 amide bonds. The first kappa shape index (κ1) is 12.2. The standard InChI is InChI=1S/C14H20N2OS/c15-11-7-9-3-1-4-10(8-11)13(9)16-14(17)12-5-2-6-18-12/h2,5-6,9-11,13H,1,3-4,7-8,15H2,(H,16,17). The van der Waals surface area contributed by atoms with Crippen molar-refractivity contribution in [3.63, 3.8) is 0 Å². The third-order valence-electron chi connectivity index (χ3n) is 4.42. The van der Waals surface area contributed by atoms with Gasteiger partial charge >= 0.3 is 0 Å². The first-order valence-electron chi connectivity index (χ1n) is 6.84. The van der Waals surface area contributed by atoms with Gasteiger partial charge in [-0.3, -0.25) is 4.79 Å². The minimum absolute atomic E-state index is 0.0994. The topological polar surface area (TPSA) is 55.1 Å². The minimum Gasteiger partial charge on any atom is -0.348 e. The summed E-state index contributed by atoms with van der Waals surface area (Å²) in [7, 11) is 0. The molecule has 0 aromatic carbocycles. The van der Waals surface area contributed by atoms with Crippen LogP contribution in [0.2, 0.25) is 0 Å². The number of amides is 1. The second kappa shape index (κ2) is 5.02. The Bertz CT molecular complexity index is 403. The Labute approximate surface area is 112 Å². The van der Waals surface area contributed by atoms with Crippen LogP contribution in [0.25, 0.3) is 0 Å². The molecule has 98 valence electrons. The van der Waals surface area contributed by atoms with Crippen molar-refractivity contribution in [2.75, 3.05) is 0 Å². The zero-order valence-electron chi connectivity index (χ0n) is 10.5. The van der Waals surface area contributed by atoms with Crippen LogP contribution in [0, 0.1) is 11.8 Å². The van der Waals surface area contributed by atoms with Crippen molar-refractivity contribution in [2.24, 2.45) is 17.6 Å².